The molecule has 2 aromatic rings. The SMILES string of the molecule is C[C@H]1CC(=O)N([C@@H](Cc2ccc(O)cc2)C(=O)NC(Cc2ccc(O)cc2)C(=O)N[C@@H](CCCN=C(N)N)C(=O)NC(CCCN=C(N)N)C(=O)NCC(=O)NCC=O)C1=O.[HH]. The number of nitrogens with one attached hydrogen (secondary N) is 5. The molecule has 0 radical (unpaired) electrons. The zero-order valence-corrected chi connectivity index (χ0v) is 33.7. The molecule has 0 saturated carbocycles. The minimum absolute atomic E-state index is 0. The molecule has 0 bridgehead atoms. The van der Waals surface area contributed by atoms with E-state index < -0.39 is 78.0 Å². The molecule has 1 fully saturated rings. The lowest BCUT2D eigenvalue weighted by Crippen LogP contribution is -2.59. The minimum atomic E-state index is -1.44. The highest BCUT2D eigenvalue weighted by atomic mass is 16.3. The van der Waals surface area contributed by atoms with Crippen molar-refractivity contribution < 1.29 is 50.0 Å². The van der Waals surface area contributed by atoms with E-state index in [0.717, 1.165) is 4.90 Å². The molecule has 61 heavy (non-hydrogen) atoms. The summed E-state index contributed by atoms with van der Waals surface area (Å²) in [7, 11) is 0. The Bertz CT molecular complexity index is 1940. The Balaban J connectivity index is 0.0000132. The molecule has 3 rings (SSSR count). The fourth-order valence-corrected chi connectivity index (χ4v) is 6.23. The molecule has 7 amide bonds. The Kier molecular flexibility index (Phi) is 18.9. The Morgan fingerprint density at radius 2 is 1.21 bits per heavy atom. The van der Waals surface area contributed by atoms with E-state index in [1.54, 1.807) is 6.92 Å². The van der Waals surface area contributed by atoms with Crippen LogP contribution in [0.15, 0.2) is 58.5 Å². The van der Waals surface area contributed by atoms with Crippen LogP contribution in [0.2, 0.25) is 0 Å². The topological polar surface area (TPSA) is 369 Å². The average molecular weight is 853 g/mol. The minimum Gasteiger partial charge on any atom is -0.508 e. The van der Waals surface area contributed by atoms with E-state index in [0.29, 0.717) is 17.4 Å². The number of carbonyl (C=O) groups is 8. The molecule has 2 aromatic carbocycles. The number of phenolic OH excluding ortho intramolecular Hbond substituents is 2. The Morgan fingerprint density at radius 3 is 1.69 bits per heavy atom. The summed E-state index contributed by atoms with van der Waals surface area (Å²) in [6.07, 6.45) is 0.221. The Labute approximate surface area is 352 Å². The monoisotopic (exact) mass is 852 g/mol. The van der Waals surface area contributed by atoms with Gasteiger partial charge in [-0.3, -0.25) is 48.4 Å². The number of imide groups is 1. The van der Waals surface area contributed by atoms with Crippen LogP contribution in [0.5, 0.6) is 11.5 Å². The number of rotatable bonds is 24. The van der Waals surface area contributed by atoms with E-state index >= 15 is 0 Å². The lowest BCUT2D eigenvalue weighted by Gasteiger charge is -2.29. The lowest BCUT2D eigenvalue weighted by atomic mass is 10.0. The second-order valence-corrected chi connectivity index (χ2v) is 14.2. The zero-order valence-electron chi connectivity index (χ0n) is 33.7. The highest BCUT2D eigenvalue weighted by molar-refractivity contribution is 6.07. The maximum atomic E-state index is 14.3. The van der Waals surface area contributed by atoms with Crippen molar-refractivity contribution in [2.24, 2.45) is 38.8 Å². The van der Waals surface area contributed by atoms with Crippen molar-refractivity contribution >= 4 is 59.6 Å². The Morgan fingerprint density at radius 1 is 0.738 bits per heavy atom. The first-order chi connectivity index (χ1) is 29.0. The number of nitrogens with two attached hydrogens (primary N) is 4. The molecular formula is C39H56N12O10. The fourth-order valence-electron chi connectivity index (χ4n) is 6.23. The number of aliphatic imine (C=N–C) groups is 2. The summed E-state index contributed by atoms with van der Waals surface area (Å²) in [5.74, 6) is -6.45. The molecule has 22 heteroatoms. The van der Waals surface area contributed by atoms with Crippen molar-refractivity contribution in [2.75, 3.05) is 26.2 Å². The predicted octanol–water partition coefficient (Wildman–Crippen LogP) is -3.11. The molecule has 0 spiro atoms. The van der Waals surface area contributed by atoms with Crippen molar-refractivity contribution in [2.45, 2.75) is 76.0 Å². The first-order valence-electron chi connectivity index (χ1n) is 19.4. The van der Waals surface area contributed by atoms with Crippen molar-refractivity contribution in [1.29, 1.82) is 0 Å². The summed E-state index contributed by atoms with van der Waals surface area (Å²) >= 11 is 0. The zero-order chi connectivity index (χ0) is 45.1. The number of nitrogens with zero attached hydrogens (tertiary/aromatic N) is 3. The van der Waals surface area contributed by atoms with Crippen LogP contribution < -0.4 is 49.5 Å². The molecule has 1 heterocycles. The number of amides is 7. The van der Waals surface area contributed by atoms with E-state index in [9.17, 15) is 48.6 Å². The van der Waals surface area contributed by atoms with Crippen LogP contribution in [0.3, 0.4) is 0 Å². The van der Waals surface area contributed by atoms with Crippen LogP contribution in [-0.4, -0.2) is 125 Å². The second-order valence-electron chi connectivity index (χ2n) is 14.2. The molecule has 1 aliphatic heterocycles. The number of aldehydes is 1. The summed E-state index contributed by atoms with van der Waals surface area (Å²) in [5.41, 5.74) is 22.7. The van der Waals surface area contributed by atoms with E-state index in [2.05, 4.69) is 36.6 Å². The predicted molar refractivity (Wildman–Crippen MR) is 223 cm³/mol. The van der Waals surface area contributed by atoms with Gasteiger partial charge in [0.05, 0.1) is 13.1 Å². The maximum absolute atomic E-state index is 14.3. The molecule has 5 atom stereocenters. The van der Waals surface area contributed by atoms with Crippen molar-refractivity contribution in [3.63, 3.8) is 0 Å². The summed E-state index contributed by atoms with van der Waals surface area (Å²) in [6, 6.07) is 6.05. The molecule has 1 saturated heterocycles. The molecule has 15 N–H and O–H groups in total. The maximum Gasteiger partial charge on any atom is 0.244 e. The summed E-state index contributed by atoms with van der Waals surface area (Å²) < 4.78 is 0. The third kappa shape index (κ3) is 16.1. The van der Waals surface area contributed by atoms with Gasteiger partial charge in [0.25, 0.3) is 0 Å². The molecule has 0 aromatic heterocycles. The number of phenols is 2. The van der Waals surface area contributed by atoms with Crippen LogP contribution in [0.1, 0.15) is 51.6 Å². The number of benzene rings is 2. The molecular weight excluding hydrogens is 797 g/mol. The van der Waals surface area contributed by atoms with Crippen LogP contribution in [0.4, 0.5) is 0 Å². The molecule has 22 nitrogen and oxygen atoms in total. The molecule has 1 aliphatic rings. The Hall–Kier alpha value is -7.26. The largest absolute Gasteiger partial charge is 0.508 e. The summed E-state index contributed by atoms with van der Waals surface area (Å²) in [6.45, 7) is 0.880. The van der Waals surface area contributed by atoms with Gasteiger partial charge in [0, 0.05) is 39.7 Å². The highest BCUT2D eigenvalue weighted by Crippen LogP contribution is 2.24. The van der Waals surface area contributed by atoms with Gasteiger partial charge in [-0.25, -0.2) is 0 Å². The molecule has 2 unspecified atom stereocenters. The third-order valence-electron chi connectivity index (χ3n) is 9.36. The smallest absolute Gasteiger partial charge is 0.244 e. The van der Waals surface area contributed by atoms with Gasteiger partial charge in [-0.1, -0.05) is 31.2 Å². The number of aromatic hydroxyl groups is 2. The van der Waals surface area contributed by atoms with Gasteiger partial charge < -0.3 is 64.5 Å². The van der Waals surface area contributed by atoms with E-state index in [-0.39, 0.29) is 89.4 Å². The summed E-state index contributed by atoms with van der Waals surface area (Å²) in [5, 5.41) is 32.3. The van der Waals surface area contributed by atoms with E-state index in [1.165, 1.54) is 48.5 Å². The summed E-state index contributed by atoms with van der Waals surface area (Å²) in [4.78, 5) is 114. The van der Waals surface area contributed by atoms with Crippen LogP contribution in [0.25, 0.3) is 0 Å². The first kappa shape index (κ1) is 48.1. The van der Waals surface area contributed by atoms with Gasteiger partial charge in [-0.05, 0) is 61.1 Å². The number of hydrogen-bond donors (Lipinski definition) is 11. The van der Waals surface area contributed by atoms with Gasteiger partial charge >= 0.3 is 0 Å². The first-order valence-corrected chi connectivity index (χ1v) is 19.4. The number of likely N-dealkylation sites (tertiary alicyclic amines) is 1. The van der Waals surface area contributed by atoms with Gasteiger partial charge in [-0.15, -0.1) is 0 Å². The number of guanidine groups is 2. The standard InChI is InChI=1S/C39H54N12O10.H2/c1-22-18-32(56)51(37(22)61)30(20-24-8-12-26(54)13-9-24)36(60)50-29(19-23-6-10-25(53)11-7-23)35(59)49-28(5-3-15-46-39(42)43)34(58)48-27(4-2-14-45-38(40)41)33(57)47-21-31(55)44-16-17-52;/h6-13,17,22,27-30,53-54H,2-5,14-16,18-21H2,1H3,(H,44,55)(H,47,57)(H,48,58)(H,49,59)(H,50,60)(H4,40,41,45)(H4,42,43,46);1H/t22-,27?,28-,29?,30-;/m0./s1. The van der Waals surface area contributed by atoms with Crippen LogP contribution in [0, 0.1) is 5.92 Å². The fraction of sp³-hybridized carbons (Fsp3) is 0.436. The van der Waals surface area contributed by atoms with Gasteiger partial charge in [0.2, 0.25) is 41.4 Å². The number of carbonyl (C=O) groups excluding carboxylic acids is 8. The van der Waals surface area contributed by atoms with Crippen molar-refractivity contribution in [3.05, 3.63) is 59.7 Å². The average Bonchev–Trinajstić information content (AvgIpc) is 3.47. The lowest BCUT2D eigenvalue weighted by molar-refractivity contribution is -0.147. The highest BCUT2D eigenvalue weighted by Gasteiger charge is 2.43. The van der Waals surface area contributed by atoms with Crippen LogP contribution >= 0.6 is 0 Å². The quantitative estimate of drug-likeness (QED) is 0.0164. The van der Waals surface area contributed by atoms with E-state index in [4.69, 9.17) is 22.9 Å². The third-order valence-corrected chi connectivity index (χ3v) is 9.36. The van der Waals surface area contributed by atoms with Gasteiger partial charge in [-0.2, -0.15) is 0 Å². The van der Waals surface area contributed by atoms with Crippen LogP contribution in [-0.2, 0) is 51.2 Å². The normalized spacial score (nSPS) is 15.3. The van der Waals surface area contributed by atoms with Crippen molar-refractivity contribution in [3.8, 4) is 11.5 Å². The van der Waals surface area contributed by atoms with Gasteiger partial charge in [0.15, 0.2) is 11.9 Å². The molecule has 332 valence electrons. The number of hydrogen-bond acceptors (Lipinski definition) is 12. The van der Waals surface area contributed by atoms with Crippen molar-refractivity contribution in [1.82, 2.24) is 31.5 Å². The second kappa shape index (κ2) is 24.0. The molecule has 0 aliphatic carbocycles. The van der Waals surface area contributed by atoms with E-state index in [1.807, 2.05) is 0 Å². The van der Waals surface area contributed by atoms with Gasteiger partial charge in [0.1, 0.15) is 42.0 Å².